The van der Waals surface area contributed by atoms with Gasteiger partial charge in [0, 0.05) is 32.9 Å². The van der Waals surface area contributed by atoms with Crippen LogP contribution in [0, 0.1) is 10.1 Å². The lowest BCUT2D eigenvalue weighted by Crippen LogP contribution is -2.43. The summed E-state index contributed by atoms with van der Waals surface area (Å²) < 4.78 is 15.9. The monoisotopic (exact) mass is 326 g/mol. The number of methoxy groups -OCH3 is 2. The molecule has 0 aliphatic rings. The third-order valence-electron chi connectivity index (χ3n) is 3.22. The zero-order valence-electron chi connectivity index (χ0n) is 13.5. The lowest BCUT2D eigenvalue weighted by Gasteiger charge is -2.25. The summed E-state index contributed by atoms with van der Waals surface area (Å²) in [5.41, 5.74) is 0.145. The predicted molar refractivity (Wildman–Crippen MR) is 83.5 cm³/mol. The summed E-state index contributed by atoms with van der Waals surface area (Å²) in [7, 11) is 3.04. The molecule has 0 saturated heterocycles. The van der Waals surface area contributed by atoms with Gasteiger partial charge in [-0.3, -0.25) is 10.1 Å². The van der Waals surface area contributed by atoms with Gasteiger partial charge in [-0.05, 0) is 18.7 Å². The van der Waals surface area contributed by atoms with Crippen LogP contribution in [0.15, 0.2) is 24.3 Å². The number of hydrogen-bond acceptors (Lipinski definition) is 7. The van der Waals surface area contributed by atoms with Gasteiger partial charge in [0.05, 0.1) is 17.1 Å². The maximum Gasteiger partial charge on any atom is 0.338 e. The fourth-order valence-electron chi connectivity index (χ4n) is 1.96. The Morgan fingerprint density at radius 3 is 2.39 bits per heavy atom. The lowest BCUT2D eigenvalue weighted by atomic mass is 10.2. The normalized spacial score (nSPS) is 13.3. The summed E-state index contributed by atoms with van der Waals surface area (Å²) in [5.74, 6) is -0.583. The van der Waals surface area contributed by atoms with Crippen LogP contribution in [0.4, 0.5) is 5.69 Å². The Labute approximate surface area is 134 Å². The van der Waals surface area contributed by atoms with Gasteiger partial charge in [-0.1, -0.05) is 6.92 Å². The summed E-state index contributed by atoms with van der Waals surface area (Å²) in [6.07, 6.45) is -0.955. The number of ether oxygens (including phenoxy) is 3. The van der Waals surface area contributed by atoms with Crippen molar-refractivity contribution < 1.29 is 23.9 Å². The highest BCUT2D eigenvalue weighted by molar-refractivity contribution is 5.89. The molecule has 1 rings (SSSR count). The van der Waals surface area contributed by atoms with Crippen LogP contribution < -0.4 is 5.32 Å². The van der Waals surface area contributed by atoms with Crippen molar-refractivity contribution in [2.24, 2.45) is 0 Å². The average Bonchev–Trinajstić information content (AvgIpc) is 2.55. The minimum atomic E-state index is -0.591. The Morgan fingerprint density at radius 1 is 1.26 bits per heavy atom. The summed E-state index contributed by atoms with van der Waals surface area (Å²) in [5, 5.41) is 13.7. The van der Waals surface area contributed by atoms with E-state index < -0.39 is 17.0 Å². The number of carbonyl (C=O) groups is 1. The van der Waals surface area contributed by atoms with Crippen LogP contribution >= 0.6 is 0 Å². The Bertz CT molecular complexity index is 505. The first-order valence-electron chi connectivity index (χ1n) is 7.21. The van der Waals surface area contributed by atoms with Crippen molar-refractivity contribution in [1.29, 1.82) is 0 Å². The first kappa shape index (κ1) is 19.0. The fraction of sp³-hybridized carbons (Fsp3) is 0.533. The minimum Gasteiger partial charge on any atom is -0.453 e. The molecule has 128 valence electrons. The molecule has 0 aliphatic carbocycles. The number of nitrogens with one attached hydrogen (secondary N) is 1. The molecule has 0 spiro atoms. The predicted octanol–water partition coefficient (Wildman–Crippen LogP) is 1.39. The Hall–Kier alpha value is -2.03. The molecular formula is C15H22N2O6. The van der Waals surface area contributed by atoms with Crippen LogP contribution in [0.25, 0.3) is 0 Å². The molecule has 0 bridgehead atoms. The van der Waals surface area contributed by atoms with E-state index in [2.05, 4.69) is 5.32 Å². The molecule has 0 aliphatic heterocycles. The molecule has 0 fully saturated rings. The lowest BCUT2D eigenvalue weighted by molar-refractivity contribution is -0.384. The second-order valence-electron chi connectivity index (χ2n) is 4.78. The molecule has 8 heteroatoms. The molecule has 0 heterocycles. The number of rotatable bonds is 10. The van der Waals surface area contributed by atoms with E-state index in [0.29, 0.717) is 6.54 Å². The van der Waals surface area contributed by atoms with Crippen molar-refractivity contribution in [3.05, 3.63) is 39.9 Å². The second-order valence-corrected chi connectivity index (χ2v) is 4.78. The molecule has 2 atom stereocenters. The van der Waals surface area contributed by atoms with E-state index >= 15 is 0 Å². The van der Waals surface area contributed by atoms with Crippen LogP contribution in [-0.2, 0) is 14.2 Å². The van der Waals surface area contributed by atoms with Crippen molar-refractivity contribution in [2.45, 2.75) is 19.1 Å². The topological polar surface area (TPSA) is 99.9 Å². The van der Waals surface area contributed by atoms with Gasteiger partial charge < -0.3 is 19.5 Å². The van der Waals surface area contributed by atoms with E-state index in [0.717, 1.165) is 6.54 Å². The molecule has 0 radical (unpaired) electrons. The molecule has 0 unspecified atom stereocenters. The first-order chi connectivity index (χ1) is 11.0. The van der Waals surface area contributed by atoms with Crippen LogP contribution in [0.3, 0.4) is 0 Å². The molecule has 0 amide bonds. The summed E-state index contributed by atoms with van der Waals surface area (Å²) in [6.45, 7) is 3.41. The van der Waals surface area contributed by atoms with Crippen LogP contribution in [0.5, 0.6) is 0 Å². The largest absolute Gasteiger partial charge is 0.453 e. The van der Waals surface area contributed by atoms with Crippen molar-refractivity contribution in [1.82, 2.24) is 5.32 Å². The second kappa shape index (κ2) is 9.88. The molecule has 0 aromatic heterocycles. The minimum absolute atomic E-state index is 0.0862. The number of non-ortho nitro benzene ring substituents is 1. The van der Waals surface area contributed by atoms with E-state index in [1.165, 1.54) is 38.5 Å². The molecule has 8 nitrogen and oxygen atoms in total. The van der Waals surface area contributed by atoms with E-state index in [4.69, 9.17) is 14.2 Å². The molecule has 23 heavy (non-hydrogen) atoms. The van der Waals surface area contributed by atoms with Crippen molar-refractivity contribution >= 4 is 11.7 Å². The van der Waals surface area contributed by atoms with Gasteiger partial charge in [-0.2, -0.15) is 0 Å². The fourth-order valence-corrected chi connectivity index (χ4v) is 1.96. The Balaban J connectivity index is 2.77. The number of nitrogens with zero attached hydrogens (tertiary/aromatic N) is 1. The van der Waals surface area contributed by atoms with E-state index in [9.17, 15) is 14.9 Å². The smallest absolute Gasteiger partial charge is 0.338 e. The van der Waals surface area contributed by atoms with Gasteiger partial charge >= 0.3 is 5.97 Å². The number of hydrogen-bond donors (Lipinski definition) is 1. The standard InChI is InChI=1S/C15H22N2O6/c1-4-16-9-13(22-3)14(10-21-2)23-15(18)11-5-7-12(8-6-11)17(19)20/h5-8,13-14,16H,4,9-10H2,1-3H3/t13-,14-/m1/s1. The van der Waals surface area contributed by atoms with Gasteiger partial charge in [0.2, 0.25) is 0 Å². The van der Waals surface area contributed by atoms with Gasteiger partial charge in [0.15, 0.2) is 6.10 Å². The summed E-state index contributed by atoms with van der Waals surface area (Å²) in [6, 6.07) is 5.23. The number of benzene rings is 1. The third kappa shape index (κ3) is 5.93. The molecule has 1 N–H and O–H groups in total. The molecule has 0 saturated carbocycles. The van der Waals surface area contributed by atoms with Crippen LogP contribution in [0.2, 0.25) is 0 Å². The van der Waals surface area contributed by atoms with E-state index in [-0.39, 0.29) is 24.0 Å². The summed E-state index contributed by atoms with van der Waals surface area (Å²) >= 11 is 0. The number of carbonyl (C=O) groups excluding carboxylic acids is 1. The Morgan fingerprint density at radius 2 is 1.91 bits per heavy atom. The zero-order valence-corrected chi connectivity index (χ0v) is 13.5. The van der Waals surface area contributed by atoms with Gasteiger partial charge in [0.25, 0.3) is 5.69 Å². The highest BCUT2D eigenvalue weighted by Gasteiger charge is 2.25. The van der Waals surface area contributed by atoms with Crippen LogP contribution in [-0.4, -0.2) is 57.0 Å². The number of nitro groups is 1. The third-order valence-corrected chi connectivity index (χ3v) is 3.22. The maximum absolute atomic E-state index is 12.2. The van der Waals surface area contributed by atoms with Crippen molar-refractivity contribution in [3.63, 3.8) is 0 Å². The van der Waals surface area contributed by atoms with Gasteiger partial charge in [-0.25, -0.2) is 4.79 Å². The van der Waals surface area contributed by atoms with Crippen molar-refractivity contribution in [2.75, 3.05) is 33.9 Å². The zero-order chi connectivity index (χ0) is 17.2. The SMILES string of the molecule is CCNC[C@@H](OC)[C@@H](COC)OC(=O)c1ccc([N+](=O)[O-])cc1. The highest BCUT2D eigenvalue weighted by Crippen LogP contribution is 2.14. The number of nitro benzene ring substituents is 1. The van der Waals surface area contributed by atoms with Gasteiger partial charge in [-0.15, -0.1) is 0 Å². The molecule has 1 aromatic rings. The number of likely N-dealkylation sites (N-methyl/N-ethyl adjacent to an activating group) is 1. The maximum atomic E-state index is 12.2. The summed E-state index contributed by atoms with van der Waals surface area (Å²) in [4.78, 5) is 22.3. The van der Waals surface area contributed by atoms with E-state index in [1.807, 2.05) is 6.92 Å². The molecule has 1 aromatic carbocycles. The van der Waals surface area contributed by atoms with Crippen molar-refractivity contribution in [3.8, 4) is 0 Å². The average molecular weight is 326 g/mol. The first-order valence-corrected chi connectivity index (χ1v) is 7.21. The highest BCUT2D eigenvalue weighted by atomic mass is 16.6. The van der Waals surface area contributed by atoms with E-state index in [1.54, 1.807) is 0 Å². The number of esters is 1. The molecular weight excluding hydrogens is 304 g/mol. The van der Waals surface area contributed by atoms with Gasteiger partial charge in [0.1, 0.15) is 6.10 Å². The Kier molecular flexibility index (Phi) is 8.17. The van der Waals surface area contributed by atoms with Crippen LogP contribution in [0.1, 0.15) is 17.3 Å². The quantitative estimate of drug-likeness (QED) is 0.394.